The van der Waals surface area contributed by atoms with Gasteiger partial charge in [0, 0.05) is 6.42 Å². The minimum Gasteiger partial charge on any atom is -0.466 e. The van der Waals surface area contributed by atoms with Crippen molar-refractivity contribution < 1.29 is 9.53 Å². The third-order valence-electron chi connectivity index (χ3n) is 3.88. The fourth-order valence-corrected chi connectivity index (χ4v) is 2.77. The van der Waals surface area contributed by atoms with Gasteiger partial charge in [0.1, 0.15) is 0 Å². The van der Waals surface area contributed by atoms with E-state index >= 15 is 0 Å². The number of carbonyl (C=O) groups excluding carboxylic acids is 1. The van der Waals surface area contributed by atoms with E-state index in [1.807, 2.05) is 6.92 Å². The Bertz CT molecular complexity index is 631. The molecule has 0 amide bonds. The Balaban J connectivity index is 2.02. The molecule has 2 aromatic carbocycles. The van der Waals surface area contributed by atoms with Crippen molar-refractivity contribution in [3.05, 3.63) is 59.7 Å². The van der Waals surface area contributed by atoms with Gasteiger partial charge in [-0.25, -0.2) is 0 Å². The molecular weight excluding hydrogens is 284 g/mol. The first kappa shape index (κ1) is 17.3. The largest absolute Gasteiger partial charge is 0.466 e. The van der Waals surface area contributed by atoms with Gasteiger partial charge < -0.3 is 4.74 Å². The van der Waals surface area contributed by atoms with E-state index in [1.165, 1.54) is 22.3 Å². The zero-order chi connectivity index (χ0) is 16.5. The van der Waals surface area contributed by atoms with Crippen LogP contribution in [0.25, 0.3) is 11.1 Å². The summed E-state index contributed by atoms with van der Waals surface area (Å²) in [5.41, 5.74) is 5.17. The molecule has 0 aromatic heterocycles. The highest BCUT2D eigenvalue weighted by Gasteiger charge is 2.04. The predicted molar refractivity (Wildman–Crippen MR) is 95.4 cm³/mol. The molecule has 23 heavy (non-hydrogen) atoms. The first-order chi connectivity index (χ1) is 11.2. The summed E-state index contributed by atoms with van der Waals surface area (Å²) in [6.45, 7) is 4.51. The lowest BCUT2D eigenvalue weighted by atomic mass is 9.98. The average molecular weight is 310 g/mol. The van der Waals surface area contributed by atoms with Crippen molar-refractivity contribution in [2.75, 3.05) is 6.61 Å². The quantitative estimate of drug-likeness (QED) is 0.627. The van der Waals surface area contributed by atoms with Gasteiger partial charge in [-0.3, -0.25) is 4.79 Å². The van der Waals surface area contributed by atoms with E-state index < -0.39 is 0 Å². The molecule has 0 unspecified atom stereocenters. The molecule has 0 saturated carbocycles. The average Bonchev–Trinajstić information content (AvgIpc) is 2.56. The molecule has 0 aliphatic carbocycles. The minimum absolute atomic E-state index is 0.101. The van der Waals surface area contributed by atoms with E-state index in [4.69, 9.17) is 4.74 Å². The molecule has 0 spiro atoms. The topological polar surface area (TPSA) is 26.3 Å². The normalized spacial score (nSPS) is 10.5. The summed E-state index contributed by atoms with van der Waals surface area (Å²) in [5, 5.41) is 0. The molecule has 2 rings (SSSR count). The Labute approximate surface area is 139 Å². The summed E-state index contributed by atoms with van der Waals surface area (Å²) < 4.78 is 4.97. The smallest absolute Gasteiger partial charge is 0.305 e. The molecule has 0 heterocycles. The molecule has 0 atom stereocenters. The SMILES string of the molecule is CCCc1cccc(-c2cccc(CCCC(=O)OCC)c2)c1. The standard InChI is InChI=1S/C21H26O2/c1-3-8-17-9-5-12-19(15-17)20-13-6-10-18(16-20)11-7-14-21(22)23-4-2/h5-6,9-10,12-13,15-16H,3-4,7-8,11,14H2,1-2H3. The van der Waals surface area contributed by atoms with Crippen molar-refractivity contribution in [3.8, 4) is 11.1 Å². The molecule has 0 saturated heterocycles. The van der Waals surface area contributed by atoms with Gasteiger partial charge in [-0.1, -0.05) is 61.9 Å². The molecule has 0 fully saturated rings. The van der Waals surface area contributed by atoms with Crippen LogP contribution in [0.15, 0.2) is 48.5 Å². The monoisotopic (exact) mass is 310 g/mol. The second-order valence-corrected chi connectivity index (χ2v) is 5.81. The van der Waals surface area contributed by atoms with Crippen molar-refractivity contribution >= 4 is 5.97 Å². The van der Waals surface area contributed by atoms with Gasteiger partial charge in [-0.15, -0.1) is 0 Å². The van der Waals surface area contributed by atoms with Crippen molar-refractivity contribution in [2.45, 2.75) is 46.0 Å². The van der Waals surface area contributed by atoms with Gasteiger partial charge in [0.15, 0.2) is 0 Å². The maximum Gasteiger partial charge on any atom is 0.305 e. The Morgan fingerprint density at radius 2 is 1.52 bits per heavy atom. The van der Waals surface area contributed by atoms with Gasteiger partial charge >= 0.3 is 5.97 Å². The van der Waals surface area contributed by atoms with E-state index in [-0.39, 0.29) is 5.97 Å². The first-order valence-corrected chi connectivity index (χ1v) is 8.56. The van der Waals surface area contributed by atoms with E-state index in [9.17, 15) is 4.79 Å². The molecule has 122 valence electrons. The lowest BCUT2D eigenvalue weighted by molar-refractivity contribution is -0.143. The maximum atomic E-state index is 11.4. The minimum atomic E-state index is -0.101. The second kappa shape index (κ2) is 9.14. The lowest BCUT2D eigenvalue weighted by Crippen LogP contribution is -2.04. The molecule has 0 aliphatic rings. The number of ether oxygens (including phenoxy) is 1. The summed E-state index contributed by atoms with van der Waals surface area (Å²) in [4.78, 5) is 11.4. The Hall–Kier alpha value is -2.09. The Kier molecular flexibility index (Phi) is 6.86. The van der Waals surface area contributed by atoms with Crippen molar-refractivity contribution in [1.29, 1.82) is 0 Å². The highest BCUT2D eigenvalue weighted by Crippen LogP contribution is 2.23. The number of rotatable bonds is 8. The molecule has 0 N–H and O–H groups in total. The van der Waals surface area contributed by atoms with Crippen LogP contribution < -0.4 is 0 Å². The fourth-order valence-electron chi connectivity index (χ4n) is 2.77. The summed E-state index contributed by atoms with van der Waals surface area (Å²) in [5.74, 6) is -0.101. The molecule has 2 aromatic rings. The van der Waals surface area contributed by atoms with Crippen LogP contribution in [0.4, 0.5) is 0 Å². The van der Waals surface area contributed by atoms with Crippen LogP contribution in [0.5, 0.6) is 0 Å². The van der Waals surface area contributed by atoms with E-state index in [0.29, 0.717) is 13.0 Å². The molecule has 2 nitrogen and oxygen atoms in total. The van der Waals surface area contributed by atoms with Crippen molar-refractivity contribution in [2.24, 2.45) is 0 Å². The summed E-state index contributed by atoms with van der Waals surface area (Å²) in [7, 11) is 0. The zero-order valence-electron chi connectivity index (χ0n) is 14.2. The second-order valence-electron chi connectivity index (χ2n) is 5.81. The molecule has 0 radical (unpaired) electrons. The van der Waals surface area contributed by atoms with Gasteiger partial charge in [-0.05, 0) is 48.4 Å². The van der Waals surface area contributed by atoms with Gasteiger partial charge in [-0.2, -0.15) is 0 Å². The Morgan fingerprint density at radius 3 is 2.09 bits per heavy atom. The third kappa shape index (κ3) is 5.55. The van der Waals surface area contributed by atoms with Gasteiger partial charge in [0.05, 0.1) is 6.61 Å². The van der Waals surface area contributed by atoms with Crippen LogP contribution in [0, 0.1) is 0 Å². The number of benzene rings is 2. The predicted octanol–water partition coefficient (Wildman–Crippen LogP) is 5.19. The lowest BCUT2D eigenvalue weighted by Gasteiger charge is -2.08. The summed E-state index contributed by atoms with van der Waals surface area (Å²) in [6.07, 6.45) is 4.51. The van der Waals surface area contributed by atoms with Gasteiger partial charge in [0.2, 0.25) is 0 Å². The van der Waals surface area contributed by atoms with Crippen LogP contribution in [-0.4, -0.2) is 12.6 Å². The van der Waals surface area contributed by atoms with Crippen LogP contribution in [0.2, 0.25) is 0 Å². The number of hydrogen-bond donors (Lipinski definition) is 0. The van der Waals surface area contributed by atoms with Crippen molar-refractivity contribution in [3.63, 3.8) is 0 Å². The zero-order valence-corrected chi connectivity index (χ0v) is 14.2. The molecule has 0 aliphatic heterocycles. The van der Waals surface area contributed by atoms with Crippen LogP contribution in [0.1, 0.15) is 44.2 Å². The fraction of sp³-hybridized carbons (Fsp3) is 0.381. The number of hydrogen-bond acceptors (Lipinski definition) is 2. The third-order valence-corrected chi connectivity index (χ3v) is 3.88. The van der Waals surface area contributed by atoms with Crippen LogP contribution in [-0.2, 0) is 22.4 Å². The molecule has 2 heteroatoms. The number of carbonyl (C=O) groups is 1. The van der Waals surface area contributed by atoms with E-state index in [1.54, 1.807) is 0 Å². The Morgan fingerprint density at radius 1 is 0.913 bits per heavy atom. The molecule has 0 bridgehead atoms. The number of esters is 1. The summed E-state index contributed by atoms with van der Waals surface area (Å²) >= 11 is 0. The van der Waals surface area contributed by atoms with E-state index in [0.717, 1.165) is 25.7 Å². The highest BCUT2D eigenvalue weighted by atomic mass is 16.5. The van der Waals surface area contributed by atoms with Crippen LogP contribution >= 0.6 is 0 Å². The first-order valence-electron chi connectivity index (χ1n) is 8.56. The maximum absolute atomic E-state index is 11.4. The van der Waals surface area contributed by atoms with E-state index in [2.05, 4.69) is 55.5 Å². The molecular formula is C21H26O2. The summed E-state index contributed by atoms with van der Waals surface area (Å²) in [6, 6.07) is 17.4. The van der Waals surface area contributed by atoms with Crippen molar-refractivity contribution in [1.82, 2.24) is 0 Å². The van der Waals surface area contributed by atoms with Gasteiger partial charge in [0.25, 0.3) is 0 Å². The van der Waals surface area contributed by atoms with Crippen LogP contribution in [0.3, 0.4) is 0 Å². The highest BCUT2D eigenvalue weighted by molar-refractivity contribution is 5.69. The number of aryl methyl sites for hydroxylation is 2.